The molecule has 1 aromatic carbocycles. The minimum Gasteiger partial charge on any atom is -0.611 e. The van der Waals surface area contributed by atoms with E-state index in [0.717, 1.165) is 23.0 Å². The number of hydrogen-bond acceptors (Lipinski definition) is 7. The molecule has 2 rings (SSSR count). The first-order chi connectivity index (χ1) is 13.9. The van der Waals surface area contributed by atoms with E-state index in [4.69, 9.17) is 16.8 Å². The van der Waals surface area contributed by atoms with Gasteiger partial charge in [0.15, 0.2) is 21.3 Å². The van der Waals surface area contributed by atoms with Crippen molar-refractivity contribution in [3.63, 3.8) is 0 Å². The predicted molar refractivity (Wildman–Crippen MR) is 108 cm³/mol. The Morgan fingerprint density at radius 3 is 2.60 bits per heavy atom. The Hall–Kier alpha value is -1.96. The van der Waals surface area contributed by atoms with Crippen LogP contribution in [0.3, 0.4) is 0 Å². The molecule has 8 nitrogen and oxygen atoms in total. The minimum atomic E-state index is -4.60. The van der Waals surface area contributed by atoms with Crippen molar-refractivity contribution in [3.8, 4) is 5.69 Å². The van der Waals surface area contributed by atoms with E-state index >= 15 is 0 Å². The summed E-state index contributed by atoms with van der Waals surface area (Å²) in [5.41, 5.74) is -0.978. The second kappa shape index (κ2) is 9.45. The lowest BCUT2D eigenvalue weighted by Crippen LogP contribution is -2.19. The highest BCUT2D eigenvalue weighted by molar-refractivity contribution is 7.91. The van der Waals surface area contributed by atoms with E-state index < -0.39 is 32.8 Å². The van der Waals surface area contributed by atoms with Crippen molar-refractivity contribution in [2.24, 2.45) is 5.16 Å². The van der Waals surface area contributed by atoms with Crippen LogP contribution >= 0.6 is 11.6 Å². The van der Waals surface area contributed by atoms with Crippen LogP contribution in [0.25, 0.3) is 5.69 Å². The van der Waals surface area contributed by atoms with Crippen molar-refractivity contribution < 1.29 is 31.3 Å². The molecular formula is C16H18ClF3N4O4S2. The highest BCUT2D eigenvalue weighted by Crippen LogP contribution is 2.35. The largest absolute Gasteiger partial charge is 0.611 e. The van der Waals surface area contributed by atoms with Crippen LogP contribution in [-0.2, 0) is 27.2 Å². The fraction of sp³-hybridized carbons (Fsp3) is 0.375. The van der Waals surface area contributed by atoms with Crippen LogP contribution in [0.5, 0.6) is 0 Å². The number of benzene rings is 1. The standard InChI is InChI=1S/C16H18ClF3N4O4S2/c1-3-30(27,28)7-6-21-15-14(29(2)26)12(9-22-25)23-24(15)13-5-4-10(8-11(13)17)16(18,19)20/h4-5,8-9,21,25H,3,6-7H2,1-2H3/b22-9+. The molecule has 0 fully saturated rings. The van der Waals surface area contributed by atoms with E-state index in [-0.39, 0.29) is 45.2 Å². The number of nitrogens with zero attached hydrogens (tertiary/aromatic N) is 3. The fourth-order valence-electron chi connectivity index (χ4n) is 2.50. The molecule has 1 heterocycles. The molecule has 166 valence electrons. The van der Waals surface area contributed by atoms with Crippen LogP contribution in [0, 0.1) is 0 Å². The van der Waals surface area contributed by atoms with E-state index in [1.54, 1.807) is 0 Å². The summed E-state index contributed by atoms with van der Waals surface area (Å²) >= 11 is 4.37. The molecule has 1 aromatic heterocycles. The quantitative estimate of drug-likeness (QED) is 0.256. The summed E-state index contributed by atoms with van der Waals surface area (Å²) in [7, 11) is -3.32. The van der Waals surface area contributed by atoms with Gasteiger partial charge in [-0.25, -0.2) is 13.1 Å². The predicted octanol–water partition coefficient (Wildman–Crippen LogP) is 2.94. The fourth-order valence-corrected chi connectivity index (χ4v) is 4.28. The third-order valence-corrected chi connectivity index (χ3v) is 6.97. The van der Waals surface area contributed by atoms with Gasteiger partial charge in [-0.05, 0) is 29.4 Å². The maximum absolute atomic E-state index is 12.9. The van der Waals surface area contributed by atoms with Gasteiger partial charge in [0.2, 0.25) is 4.90 Å². The van der Waals surface area contributed by atoms with Crippen molar-refractivity contribution in [2.75, 3.05) is 29.6 Å². The van der Waals surface area contributed by atoms with E-state index in [2.05, 4.69) is 15.6 Å². The molecule has 0 spiro atoms. The zero-order chi connectivity index (χ0) is 22.7. The topological polar surface area (TPSA) is 120 Å². The molecule has 2 N–H and O–H groups in total. The number of oxime groups is 1. The monoisotopic (exact) mass is 486 g/mol. The molecule has 1 atom stereocenters. The number of nitrogens with one attached hydrogen (secondary N) is 1. The first kappa shape index (κ1) is 24.3. The third kappa shape index (κ3) is 5.59. The lowest BCUT2D eigenvalue weighted by Gasteiger charge is -2.14. The lowest BCUT2D eigenvalue weighted by molar-refractivity contribution is -0.137. The number of hydrogen-bond donors (Lipinski definition) is 2. The Morgan fingerprint density at radius 2 is 2.10 bits per heavy atom. The van der Waals surface area contributed by atoms with Gasteiger partial charge in [-0.15, -0.1) is 0 Å². The summed E-state index contributed by atoms with van der Waals surface area (Å²) in [5, 5.41) is 18.3. The van der Waals surface area contributed by atoms with Gasteiger partial charge < -0.3 is 15.1 Å². The smallest absolute Gasteiger partial charge is 0.416 e. The zero-order valence-corrected chi connectivity index (χ0v) is 18.2. The van der Waals surface area contributed by atoms with Crippen molar-refractivity contribution in [3.05, 3.63) is 34.5 Å². The van der Waals surface area contributed by atoms with Gasteiger partial charge in [-0.2, -0.15) is 18.3 Å². The summed E-state index contributed by atoms with van der Waals surface area (Å²) in [6.45, 7) is 1.41. The summed E-state index contributed by atoms with van der Waals surface area (Å²) in [6.07, 6.45) is -2.38. The molecule has 0 saturated heterocycles. The van der Waals surface area contributed by atoms with Gasteiger partial charge in [0, 0.05) is 12.3 Å². The van der Waals surface area contributed by atoms with Gasteiger partial charge in [-0.3, -0.25) is 0 Å². The Kier molecular flexibility index (Phi) is 7.66. The van der Waals surface area contributed by atoms with Crippen molar-refractivity contribution in [1.29, 1.82) is 0 Å². The number of alkyl halides is 3. The Balaban J connectivity index is 2.59. The Bertz CT molecular complexity index is 1040. The number of aromatic nitrogens is 2. The SMILES string of the molecule is CCS(=O)(=O)CCNc1c([S+](C)[O-])c(/C=N/O)nn1-c1ccc(C(F)(F)F)cc1Cl. The average molecular weight is 487 g/mol. The minimum absolute atomic E-state index is 0.0230. The zero-order valence-electron chi connectivity index (χ0n) is 15.8. The summed E-state index contributed by atoms with van der Waals surface area (Å²) in [4.78, 5) is 0.0673. The molecule has 30 heavy (non-hydrogen) atoms. The maximum atomic E-state index is 12.9. The average Bonchev–Trinajstić information content (AvgIpc) is 2.99. The number of halogens is 4. The second-order valence-corrected chi connectivity index (χ2v) is 10.2. The maximum Gasteiger partial charge on any atom is 0.416 e. The Labute approximate surface area is 178 Å². The van der Waals surface area contributed by atoms with E-state index in [9.17, 15) is 26.1 Å². The van der Waals surface area contributed by atoms with Gasteiger partial charge in [-0.1, -0.05) is 23.7 Å². The van der Waals surface area contributed by atoms with Gasteiger partial charge in [0.1, 0.15) is 6.26 Å². The van der Waals surface area contributed by atoms with E-state index in [1.165, 1.54) is 13.2 Å². The van der Waals surface area contributed by atoms with E-state index in [0.29, 0.717) is 6.07 Å². The van der Waals surface area contributed by atoms with E-state index in [1.807, 2.05) is 0 Å². The van der Waals surface area contributed by atoms with Crippen LogP contribution < -0.4 is 5.32 Å². The molecule has 1 unspecified atom stereocenters. The molecule has 0 bridgehead atoms. The van der Waals surface area contributed by atoms with Crippen LogP contribution in [-0.4, -0.2) is 58.5 Å². The van der Waals surface area contributed by atoms with Gasteiger partial charge >= 0.3 is 6.18 Å². The summed E-state index contributed by atoms with van der Waals surface area (Å²) in [6, 6.07) is 2.59. The van der Waals surface area contributed by atoms with Gasteiger partial charge in [0.05, 0.1) is 28.2 Å². The molecule has 0 saturated carbocycles. The first-order valence-corrected chi connectivity index (χ1v) is 12.1. The summed E-state index contributed by atoms with van der Waals surface area (Å²) in [5.74, 6) is -0.263. The first-order valence-electron chi connectivity index (χ1n) is 8.36. The highest BCUT2D eigenvalue weighted by atomic mass is 35.5. The molecule has 14 heteroatoms. The molecule has 0 amide bonds. The lowest BCUT2D eigenvalue weighted by atomic mass is 10.2. The normalized spacial score (nSPS) is 13.7. The van der Waals surface area contributed by atoms with Crippen molar-refractivity contribution in [2.45, 2.75) is 18.0 Å². The molecule has 0 aliphatic carbocycles. The molecule has 0 radical (unpaired) electrons. The number of rotatable bonds is 8. The van der Waals surface area contributed by atoms with Gasteiger partial charge in [0.25, 0.3) is 0 Å². The van der Waals surface area contributed by atoms with Crippen LogP contribution in [0.2, 0.25) is 5.02 Å². The van der Waals surface area contributed by atoms with Crippen LogP contribution in [0.1, 0.15) is 18.2 Å². The highest BCUT2D eigenvalue weighted by Gasteiger charge is 2.32. The molecule has 2 aromatic rings. The molecule has 0 aliphatic rings. The molecule has 0 aliphatic heterocycles. The van der Waals surface area contributed by atoms with Crippen LogP contribution in [0.15, 0.2) is 28.3 Å². The van der Waals surface area contributed by atoms with Crippen LogP contribution in [0.4, 0.5) is 19.0 Å². The van der Waals surface area contributed by atoms with Crippen molar-refractivity contribution >= 4 is 44.6 Å². The number of anilines is 1. The third-order valence-electron chi connectivity index (χ3n) is 3.98. The number of sulfone groups is 1. The molecular weight excluding hydrogens is 469 g/mol. The summed E-state index contributed by atoms with van der Waals surface area (Å²) < 4.78 is 75.7. The Morgan fingerprint density at radius 1 is 1.43 bits per heavy atom. The second-order valence-electron chi connectivity index (χ2n) is 6.00. The van der Waals surface area contributed by atoms with Crippen molar-refractivity contribution in [1.82, 2.24) is 9.78 Å².